The van der Waals surface area contributed by atoms with Crippen LogP contribution >= 0.6 is 0 Å². The molecule has 2 aromatic carbocycles. The topological polar surface area (TPSA) is 60.1 Å². The average molecular weight is 426 g/mol. The standard InChI is InChI=1S/C26H29N6/c1-31-14-16-32(17-15-31)13-5-7-20-6-2-3-8-23(20)24-9-4-12-27-26(24)29-22-11-10-21-19-28-30-25(21)18-22/h3-4,6,8-12,18-19H,5,7,13-17H2,1H3,(H,27,29)(H,28,30). The van der Waals surface area contributed by atoms with Crippen molar-refractivity contribution in [1.29, 1.82) is 0 Å². The highest BCUT2D eigenvalue weighted by Crippen LogP contribution is 2.32. The van der Waals surface area contributed by atoms with Gasteiger partial charge in [-0.3, -0.25) is 5.10 Å². The second-order valence-electron chi connectivity index (χ2n) is 8.53. The molecule has 2 N–H and O–H groups in total. The quantitative estimate of drug-likeness (QED) is 0.461. The maximum Gasteiger partial charge on any atom is 0.138 e. The SMILES string of the molecule is CN1CCN(CCCc2c[c]ccc2-c2cccnc2Nc2ccc3cn[nH]c3c2)CC1. The van der Waals surface area contributed by atoms with Crippen LogP contribution in [0.1, 0.15) is 12.0 Å². The van der Waals surface area contributed by atoms with Gasteiger partial charge in [-0.1, -0.05) is 18.2 Å². The number of rotatable bonds is 7. The Morgan fingerprint density at radius 3 is 2.91 bits per heavy atom. The van der Waals surface area contributed by atoms with Crippen molar-refractivity contribution in [2.24, 2.45) is 0 Å². The fourth-order valence-electron chi connectivity index (χ4n) is 4.37. The van der Waals surface area contributed by atoms with Gasteiger partial charge in [0, 0.05) is 49.0 Å². The van der Waals surface area contributed by atoms with E-state index in [4.69, 9.17) is 0 Å². The van der Waals surface area contributed by atoms with Crippen molar-refractivity contribution >= 4 is 22.4 Å². The molecule has 0 aliphatic carbocycles. The van der Waals surface area contributed by atoms with Gasteiger partial charge in [0.25, 0.3) is 0 Å². The number of H-pyrrole nitrogens is 1. The first-order chi connectivity index (χ1) is 15.8. The fraction of sp³-hybridized carbons (Fsp3) is 0.308. The van der Waals surface area contributed by atoms with Crippen LogP contribution in [-0.4, -0.2) is 64.8 Å². The number of piperazine rings is 1. The molecule has 6 nitrogen and oxygen atoms in total. The predicted octanol–water partition coefficient (Wildman–Crippen LogP) is 4.35. The summed E-state index contributed by atoms with van der Waals surface area (Å²) < 4.78 is 0. The third-order valence-corrected chi connectivity index (χ3v) is 6.27. The summed E-state index contributed by atoms with van der Waals surface area (Å²) in [6.07, 6.45) is 5.85. The highest BCUT2D eigenvalue weighted by Gasteiger charge is 2.14. The Balaban J connectivity index is 1.33. The van der Waals surface area contributed by atoms with Crippen LogP contribution < -0.4 is 5.32 Å². The van der Waals surface area contributed by atoms with Gasteiger partial charge in [-0.25, -0.2) is 4.98 Å². The van der Waals surface area contributed by atoms with Crippen LogP contribution in [0.2, 0.25) is 0 Å². The number of aryl methyl sites for hydroxylation is 1. The van der Waals surface area contributed by atoms with Crippen molar-refractivity contribution in [1.82, 2.24) is 25.0 Å². The Labute approximate surface area is 189 Å². The lowest BCUT2D eigenvalue weighted by atomic mass is 9.96. The number of aromatic nitrogens is 3. The minimum atomic E-state index is 0.859. The van der Waals surface area contributed by atoms with E-state index < -0.39 is 0 Å². The summed E-state index contributed by atoms with van der Waals surface area (Å²) in [5.41, 5.74) is 5.65. The molecule has 6 heteroatoms. The zero-order valence-electron chi connectivity index (χ0n) is 18.5. The Kier molecular flexibility index (Phi) is 6.14. The summed E-state index contributed by atoms with van der Waals surface area (Å²) in [7, 11) is 2.20. The molecule has 0 atom stereocenters. The van der Waals surface area contributed by atoms with Crippen molar-refractivity contribution in [3.8, 4) is 11.1 Å². The van der Waals surface area contributed by atoms with Gasteiger partial charge < -0.3 is 15.1 Å². The van der Waals surface area contributed by atoms with E-state index in [1.807, 2.05) is 24.5 Å². The van der Waals surface area contributed by atoms with Crippen molar-refractivity contribution in [2.75, 3.05) is 45.1 Å². The monoisotopic (exact) mass is 425 g/mol. The number of anilines is 2. The molecule has 32 heavy (non-hydrogen) atoms. The average Bonchev–Trinajstić information content (AvgIpc) is 3.29. The van der Waals surface area contributed by atoms with E-state index in [0.717, 1.165) is 47.4 Å². The highest BCUT2D eigenvalue weighted by molar-refractivity contribution is 5.85. The lowest BCUT2D eigenvalue weighted by Gasteiger charge is -2.32. The maximum absolute atomic E-state index is 4.66. The molecular weight excluding hydrogens is 396 g/mol. The molecule has 1 aliphatic rings. The van der Waals surface area contributed by atoms with E-state index in [1.165, 1.54) is 37.3 Å². The largest absolute Gasteiger partial charge is 0.340 e. The van der Waals surface area contributed by atoms with Crippen LogP contribution in [0.4, 0.5) is 11.5 Å². The number of likely N-dealkylation sites (N-methyl/N-ethyl adjacent to an activating group) is 1. The molecule has 1 aliphatic heterocycles. The summed E-state index contributed by atoms with van der Waals surface area (Å²) >= 11 is 0. The van der Waals surface area contributed by atoms with Gasteiger partial charge in [-0.2, -0.15) is 5.10 Å². The Hall–Kier alpha value is -3.22. The summed E-state index contributed by atoms with van der Waals surface area (Å²) in [4.78, 5) is 9.64. The fourth-order valence-corrected chi connectivity index (χ4v) is 4.37. The second-order valence-corrected chi connectivity index (χ2v) is 8.53. The number of fused-ring (bicyclic) bond motifs is 1. The zero-order chi connectivity index (χ0) is 21.8. The van der Waals surface area contributed by atoms with Gasteiger partial charge >= 0.3 is 0 Å². The summed E-state index contributed by atoms with van der Waals surface area (Å²) in [5.74, 6) is 0.859. The van der Waals surface area contributed by atoms with Crippen molar-refractivity contribution in [3.63, 3.8) is 0 Å². The molecule has 3 heterocycles. The molecule has 5 rings (SSSR count). The summed E-state index contributed by atoms with van der Waals surface area (Å²) in [5, 5.41) is 11.8. The minimum Gasteiger partial charge on any atom is -0.340 e. The van der Waals surface area contributed by atoms with Crippen LogP contribution in [0.15, 0.2) is 60.9 Å². The van der Waals surface area contributed by atoms with Crippen molar-refractivity contribution in [2.45, 2.75) is 12.8 Å². The zero-order valence-corrected chi connectivity index (χ0v) is 18.5. The Bertz CT molecular complexity index is 1180. The maximum atomic E-state index is 4.66. The van der Waals surface area contributed by atoms with E-state index in [-0.39, 0.29) is 0 Å². The van der Waals surface area contributed by atoms with Crippen LogP contribution in [0.5, 0.6) is 0 Å². The Morgan fingerprint density at radius 1 is 1.09 bits per heavy atom. The Morgan fingerprint density at radius 2 is 2.00 bits per heavy atom. The van der Waals surface area contributed by atoms with Crippen molar-refractivity contribution in [3.05, 3.63) is 72.6 Å². The third kappa shape index (κ3) is 4.66. The van der Waals surface area contributed by atoms with Crippen LogP contribution in [0.25, 0.3) is 22.0 Å². The number of benzene rings is 2. The number of pyridine rings is 1. The molecule has 0 unspecified atom stereocenters. The van der Waals surface area contributed by atoms with Crippen LogP contribution in [-0.2, 0) is 6.42 Å². The number of aromatic amines is 1. The van der Waals surface area contributed by atoms with Gasteiger partial charge in [0.15, 0.2) is 0 Å². The molecule has 4 aromatic rings. The van der Waals surface area contributed by atoms with E-state index in [1.54, 1.807) is 0 Å². The second kappa shape index (κ2) is 9.51. The van der Waals surface area contributed by atoms with E-state index in [2.05, 4.69) is 79.8 Å². The lowest BCUT2D eigenvalue weighted by molar-refractivity contribution is 0.153. The molecule has 1 fully saturated rings. The molecule has 163 valence electrons. The first-order valence-electron chi connectivity index (χ1n) is 11.3. The number of nitrogens with one attached hydrogen (secondary N) is 2. The van der Waals surface area contributed by atoms with Gasteiger partial charge in [-0.15, -0.1) is 0 Å². The number of nitrogens with zero attached hydrogens (tertiary/aromatic N) is 4. The molecule has 1 saturated heterocycles. The molecule has 0 bridgehead atoms. The van der Waals surface area contributed by atoms with Gasteiger partial charge in [0.05, 0.1) is 11.7 Å². The van der Waals surface area contributed by atoms with E-state index in [9.17, 15) is 0 Å². The van der Waals surface area contributed by atoms with Crippen LogP contribution in [0.3, 0.4) is 0 Å². The van der Waals surface area contributed by atoms with Gasteiger partial charge in [0.1, 0.15) is 5.82 Å². The van der Waals surface area contributed by atoms with Gasteiger partial charge in [0.2, 0.25) is 0 Å². The normalized spacial score (nSPS) is 15.3. The number of hydrogen-bond donors (Lipinski definition) is 2. The number of hydrogen-bond acceptors (Lipinski definition) is 5. The lowest BCUT2D eigenvalue weighted by Crippen LogP contribution is -2.44. The minimum absolute atomic E-state index is 0.859. The molecule has 2 aromatic heterocycles. The molecule has 1 radical (unpaired) electrons. The molecule has 0 saturated carbocycles. The highest BCUT2D eigenvalue weighted by atomic mass is 15.2. The summed E-state index contributed by atoms with van der Waals surface area (Å²) in [6, 6.07) is 19.9. The molecule has 0 spiro atoms. The van der Waals surface area contributed by atoms with Crippen LogP contribution in [0, 0.1) is 6.07 Å². The predicted molar refractivity (Wildman–Crippen MR) is 130 cm³/mol. The third-order valence-electron chi connectivity index (χ3n) is 6.27. The van der Waals surface area contributed by atoms with Crippen molar-refractivity contribution < 1.29 is 0 Å². The van der Waals surface area contributed by atoms with Gasteiger partial charge in [-0.05, 0) is 74.0 Å². The molecule has 0 amide bonds. The summed E-state index contributed by atoms with van der Waals surface area (Å²) in [6.45, 7) is 5.81. The van der Waals surface area contributed by atoms with E-state index >= 15 is 0 Å². The first kappa shape index (κ1) is 20.7. The smallest absolute Gasteiger partial charge is 0.138 e. The molecular formula is C26H29N6. The first-order valence-corrected chi connectivity index (χ1v) is 11.3. The van der Waals surface area contributed by atoms with E-state index in [0.29, 0.717) is 0 Å².